The molecule has 0 aliphatic heterocycles. The van der Waals surface area contributed by atoms with Crippen LogP contribution in [0.1, 0.15) is 114 Å². The van der Waals surface area contributed by atoms with Crippen LogP contribution in [-0.4, -0.2) is 56.3 Å². The number of rotatable bonds is 28. The first-order valence-corrected chi connectivity index (χ1v) is 15.9. The predicted molar refractivity (Wildman–Crippen MR) is 165 cm³/mol. The van der Waals surface area contributed by atoms with E-state index in [0.29, 0.717) is 0 Å². The van der Waals surface area contributed by atoms with Crippen molar-refractivity contribution in [2.75, 3.05) is 39.3 Å². The maximum Gasteiger partial charge on any atom is 0.0419 e. The van der Waals surface area contributed by atoms with Crippen LogP contribution >= 0.6 is 0 Å². The van der Waals surface area contributed by atoms with Gasteiger partial charge in [-0.2, -0.15) is 0 Å². The monoisotopic (exact) mass is 534 g/mol. The predicted octanol–water partition coefficient (Wildman–Crippen LogP) is 4.16. The lowest BCUT2D eigenvalue weighted by Crippen LogP contribution is -2.24. The summed E-state index contributed by atoms with van der Waals surface area (Å²) in [5, 5.41) is 7.11. The molecule has 7 nitrogen and oxygen atoms in total. The molecule has 10 N–H and O–H groups in total. The standard InChI is InChI=1S/C31H63N7/c32-19-9-1-3-11-21-36-23-13-5-7-15-29(34)25-28-17-18-31(38-27-28)26-30(35)16-8-6-14-24-37-22-12-4-2-10-20-33/h17-18,27,29-30,36-37H,1-16,19-26,32-35H2. The molecule has 7 heteroatoms. The quantitative estimate of drug-likeness (QED) is 0.0888. The van der Waals surface area contributed by atoms with Crippen LogP contribution in [0.5, 0.6) is 0 Å². The van der Waals surface area contributed by atoms with Gasteiger partial charge in [0.05, 0.1) is 0 Å². The lowest BCUT2D eigenvalue weighted by molar-refractivity contribution is 0.522. The highest BCUT2D eigenvalue weighted by Gasteiger charge is 2.08. The molecule has 0 saturated carbocycles. The molecular weight excluding hydrogens is 470 g/mol. The summed E-state index contributed by atoms with van der Waals surface area (Å²) < 4.78 is 0. The molecule has 38 heavy (non-hydrogen) atoms. The highest BCUT2D eigenvalue weighted by atomic mass is 14.8. The van der Waals surface area contributed by atoms with Gasteiger partial charge in [-0.25, -0.2) is 0 Å². The summed E-state index contributed by atoms with van der Waals surface area (Å²) in [6.45, 7) is 6.14. The third kappa shape index (κ3) is 21.8. The van der Waals surface area contributed by atoms with Crippen molar-refractivity contribution < 1.29 is 0 Å². The van der Waals surface area contributed by atoms with Gasteiger partial charge in [-0.05, 0) is 109 Å². The second-order valence-corrected chi connectivity index (χ2v) is 11.2. The molecule has 0 fully saturated rings. The molecule has 2 unspecified atom stereocenters. The van der Waals surface area contributed by atoms with Crippen LogP contribution in [0.2, 0.25) is 0 Å². The van der Waals surface area contributed by atoms with E-state index in [1.54, 1.807) is 0 Å². The Balaban J connectivity index is 2.00. The first kappa shape index (κ1) is 34.9. The number of unbranched alkanes of at least 4 members (excludes halogenated alkanes) is 10. The van der Waals surface area contributed by atoms with E-state index in [2.05, 4.69) is 27.8 Å². The normalized spacial score (nSPS) is 13.2. The zero-order valence-corrected chi connectivity index (χ0v) is 24.6. The molecule has 0 aliphatic rings. The van der Waals surface area contributed by atoms with Crippen molar-refractivity contribution >= 4 is 0 Å². The summed E-state index contributed by atoms with van der Waals surface area (Å²) in [4.78, 5) is 4.67. The van der Waals surface area contributed by atoms with Crippen LogP contribution < -0.4 is 33.6 Å². The fraction of sp³-hybridized carbons (Fsp3) is 0.839. The molecule has 1 aromatic heterocycles. The average molecular weight is 534 g/mol. The Kier molecular flexibility index (Phi) is 24.0. The van der Waals surface area contributed by atoms with Crippen molar-refractivity contribution in [1.29, 1.82) is 0 Å². The highest BCUT2D eigenvalue weighted by molar-refractivity contribution is 5.16. The van der Waals surface area contributed by atoms with Gasteiger partial charge < -0.3 is 33.6 Å². The van der Waals surface area contributed by atoms with Gasteiger partial charge in [0.1, 0.15) is 0 Å². The van der Waals surface area contributed by atoms with Gasteiger partial charge in [-0.1, -0.05) is 57.4 Å². The third-order valence-electron chi connectivity index (χ3n) is 7.33. The lowest BCUT2D eigenvalue weighted by Gasteiger charge is -2.13. The Labute approximate surface area is 235 Å². The van der Waals surface area contributed by atoms with Crippen molar-refractivity contribution in [2.45, 2.75) is 128 Å². The number of nitrogens with two attached hydrogens (primary N) is 4. The Bertz CT molecular complexity index is 558. The summed E-state index contributed by atoms with van der Waals surface area (Å²) in [7, 11) is 0. The molecule has 0 radical (unpaired) electrons. The van der Waals surface area contributed by atoms with Gasteiger partial charge in [0, 0.05) is 30.4 Å². The van der Waals surface area contributed by atoms with Crippen molar-refractivity contribution in [3.8, 4) is 0 Å². The molecule has 1 heterocycles. The summed E-state index contributed by atoms with van der Waals surface area (Å²) in [6, 6.07) is 4.73. The van der Waals surface area contributed by atoms with E-state index in [1.165, 1.54) is 82.6 Å². The molecule has 0 bridgehead atoms. The molecule has 0 aliphatic carbocycles. The largest absolute Gasteiger partial charge is 0.330 e. The molecule has 222 valence electrons. The zero-order valence-electron chi connectivity index (χ0n) is 24.6. The van der Waals surface area contributed by atoms with E-state index in [0.717, 1.165) is 83.5 Å². The topological polar surface area (TPSA) is 141 Å². The minimum atomic E-state index is 0.191. The van der Waals surface area contributed by atoms with Crippen LogP contribution in [0.3, 0.4) is 0 Å². The second-order valence-electron chi connectivity index (χ2n) is 11.2. The van der Waals surface area contributed by atoms with Crippen LogP contribution in [-0.2, 0) is 12.8 Å². The Morgan fingerprint density at radius 2 is 1.00 bits per heavy atom. The zero-order chi connectivity index (χ0) is 27.5. The van der Waals surface area contributed by atoms with Gasteiger partial charge in [0.15, 0.2) is 0 Å². The van der Waals surface area contributed by atoms with Gasteiger partial charge in [-0.3, -0.25) is 4.98 Å². The smallest absolute Gasteiger partial charge is 0.0419 e. The van der Waals surface area contributed by atoms with Crippen molar-refractivity contribution in [2.24, 2.45) is 22.9 Å². The first-order valence-electron chi connectivity index (χ1n) is 15.9. The van der Waals surface area contributed by atoms with E-state index >= 15 is 0 Å². The Hall–Kier alpha value is -1.09. The number of hydrogen-bond acceptors (Lipinski definition) is 7. The number of nitrogens with zero attached hydrogens (tertiary/aromatic N) is 1. The van der Waals surface area contributed by atoms with E-state index in [1.807, 2.05) is 6.20 Å². The number of pyridine rings is 1. The Morgan fingerprint density at radius 1 is 0.553 bits per heavy atom. The summed E-state index contributed by atoms with van der Waals surface area (Å²) in [5.41, 5.74) is 26.2. The summed E-state index contributed by atoms with van der Waals surface area (Å²) >= 11 is 0. The average Bonchev–Trinajstić information content (AvgIpc) is 2.91. The Morgan fingerprint density at radius 3 is 1.45 bits per heavy atom. The van der Waals surface area contributed by atoms with Crippen LogP contribution in [0.15, 0.2) is 18.3 Å². The molecule has 0 spiro atoms. The van der Waals surface area contributed by atoms with Crippen molar-refractivity contribution in [1.82, 2.24) is 15.6 Å². The van der Waals surface area contributed by atoms with Crippen molar-refractivity contribution in [3.63, 3.8) is 0 Å². The lowest BCUT2D eigenvalue weighted by atomic mass is 10.0. The molecular formula is C31H63N7. The molecule has 0 amide bonds. The molecule has 1 rings (SSSR count). The van der Waals surface area contributed by atoms with Crippen molar-refractivity contribution in [3.05, 3.63) is 29.6 Å². The van der Waals surface area contributed by atoms with Gasteiger partial charge in [0.2, 0.25) is 0 Å². The first-order chi connectivity index (χ1) is 18.7. The minimum absolute atomic E-state index is 0.191. The number of hydrogen-bond donors (Lipinski definition) is 6. The fourth-order valence-electron chi connectivity index (χ4n) is 4.88. The van der Waals surface area contributed by atoms with Crippen LogP contribution in [0.4, 0.5) is 0 Å². The number of nitrogens with one attached hydrogen (secondary N) is 2. The van der Waals surface area contributed by atoms with Crippen LogP contribution in [0.25, 0.3) is 0 Å². The SMILES string of the molecule is NCCCCCCNCCCCCC(N)Cc1ccc(CC(N)CCCCCNCCCCCCN)nc1. The maximum absolute atomic E-state index is 6.39. The molecule has 0 saturated heterocycles. The highest BCUT2D eigenvalue weighted by Crippen LogP contribution is 2.11. The van der Waals surface area contributed by atoms with E-state index in [-0.39, 0.29) is 12.1 Å². The van der Waals surface area contributed by atoms with E-state index < -0.39 is 0 Å². The van der Waals surface area contributed by atoms with Gasteiger partial charge in [-0.15, -0.1) is 0 Å². The minimum Gasteiger partial charge on any atom is -0.330 e. The molecule has 1 aromatic rings. The second kappa shape index (κ2) is 26.1. The number of aromatic nitrogens is 1. The van der Waals surface area contributed by atoms with Gasteiger partial charge >= 0.3 is 0 Å². The summed E-state index contributed by atoms with van der Waals surface area (Å²) in [6.07, 6.45) is 23.2. The molecule has 2 atom stereocenters. The van der Waals surface area contributed by atoms with Crippen LogP contribution in [0, 0.1) is 0 Å². The van der Waals surface area contributed by atoms with Gasteiger partial charge in [0.25, 0.3) is 0 Å². The molecule has 0 aromatic carbocycles. The van der Waals surface area contributed by atoms with E-state index in [9.17, 15) is 0 Å². The fourth-order valence-corrected chi connectivity index (χ4v) is 4.88. The van der Waals surface area contributed by atoms with E-state index in [4.69, 9.17) is 22.9 Å². The maximum atomic E-state index is 6.39. The third-order valence-corrected chi connectivity index (χ3v) is 7.33. The summed E-state index contributed by atoms with van der Waals surface area (Å²) in [5.74, 6) is 0.